The highest BCUT2D eigenvalue weighted by molar-refractivity contribution is 6.05. The van der Waals surface area contributed by atoms with Gasteiger partial charge in [0.05, 0.1) is 24.0 Å². The molecule has 156 valence electrons. The number of aryl methyl sites for hydroxylation is 1. The molecule has 1 aliphatic carbocycles. The van der Waals surface area contributed by atoms with Crippen molar-refractivity contribution in [1.82, 2.24) is 19.4 Å². The Hall–Kier alpha value is -3.00. The Morgan fingerprint density at radius 2 is 2.03 bits per heavy atom. The topological polar surface area (TPSA) is 90.6 Å². The van der Waals surface area contributed by atoms with Gasteiger partial charge in [-0.2, -0.15) is 4.98 Å². The fourth-order valence-corrected chi connectivity index (χ4v) is 4.58. The molecule has 6 rings (SSSR count). The van der Waals surface area contributed by atoms with Crippen LogP contribution < -0.4 is 10.1 Å². The van der Waals surface area contributed by atoms with Gasteiger partial charge in [0, 0.05) is 23.5 Å². The van der Waals surface area contributed by atoms with E-state index in [2.05, 4.69) is 22.2 Å². The summed E-state index contributed by atoms with van der Waals surface area (Å²) in [5, 5.41) is 2.84. The monoisotopic (exact) mass is 407 g/mol. The van der Waals surface area contributed by atoms with Crippen molar-refractivity contribution < 1.29 is 14.3 Å². The lowest BCUT2D eigenvalue weighted by Crippen LogP contribution is -2.45. The number of rotatable bonds is 5. The van der Waals surface area contributed by atoms with Crippen LogP contribution in [-0.4, -0.2) is 43.6 Å². The predicted molar refractivity (Wildman–Crippen MR) is 111 cm³/mol. The van der Waals surface area contributed by atoms with Crippen LogP contribution in [0.4, 0.5) is 5.82 Å². The first-order valence-electron chi connectivity index (χ1n) is 10.2. The number of hydrogen-bond acceptors (Lipinski definition) is 6. The third-order valence-electron chi connectivity index (χ3n) is 5.80. The Labute approximate surface area is 174 Å². The van der Waals surface area contributed by atoms with E-state index >= 15 is 0 Å². The zero-order valence-electron chi connectivity index (χ0n) is 17.6. The molecule has 3 aromatic heterocycles. The van der Waals surface area contributed by atoms with Crippen molar-refractivity contribution in [3.8, 4) is 5.88 Å². The van der Waals surface area contributed by atoms with Crippen LogP contribution in [0.2, 0.25) is 0 Å². The normalized spacial score (nSPS) is 24.8. The number of imidazole rings is 1. The maximum atomic E-state index is 13.0. The number of hydrogen-bond donors (Lipinski definition) is 1. The van der Waals surface area contributed by atoms with E-state index in [4.69, 9.17) is 14.5 Å². The van der Waals surface area contributed by atoms with Crippen LogP contribution in [0.3, 0.4) is 0 Å². The number of pyridine rings is 1. The largest absolute Gasteiger partial charge is 0.474 e. The van der Waals surface area contributed by atoms with Crippen LogP contribution in [-0.2, 0) is 10.2 Å². The summed E-state index contributed by atoms with van der Waals surface area (Å²) in [5.41, 5.74) is 2.04. The standard InChI is InChI=1S/C22H25N5O3/c1-13(2)30-19-15(18(28)25-17-7-5-6-14(3)23-17)8-27-9-16(24-20(27)26-19)22-10-21(4,11-22)29-12-22/h5-9,13H,10-12H2,1-4H3,(H,23,25,28). The molecule has 3 aliphatic rings. The quantitative estimate of drug-likeness (QED) is 0.698. The molecule has 2 saturated heterocycles. The highest BCUT2D eigenvalue weighted by atomic mass is 16.5. The van der Waals surface area contributed by atoms with E-state index in [1.807, 2.05) is 39.1 Å². The van der Waals surface area contributed by atoms with Crippen molar-refractivity contribution in [1.29, 1.82) is 0 Å². The lowest BCUT2D eigenvalue weighted by molar-refractivity contribution is 0.0154. The molecule has 3 aromatic rings. The number of nitrogens with one attached hydrogen (secondary N) is 1. The van der Waals surface area contributed by atoms with E-state index in [0.717, 1.165) is 24.2 Å². The maximum Gasteiger partial charge on any atom is 0.263 e. The van der Waals surface area contributed by atoms with Gasteiger partial charge in [0.2, 0.25) is 11.7 Å². The summed E-state index contributed by atoms with van der Waals surface area (Å²) in [7, 11) is 0. The van der Waals surface area contributed by atoms with Gasteiger partial charge in [0.25, 0.3) is 5.91 Å². The summed E-state index contributed by atoms with van der Waals surface area (Å²) >= 11 is 0. The second-order valence-electron chi connectivity index (χ2n) is 8.95. The summed E-state index contributed by atoms with van der Waals surface area (Å²) in [6, 6.07) is 5.48. The first-order valence-corrected chi connectivity index (χ1v) is 10.2. The van der Waals surface area contributed by atoms with Gasteiger partial charge in [-0.3, -0.25) is 9.20 Å². The number of anilines is 1. The van der Waals surface area contributed by atoms with Gasteiger partial charge in [-0.05, 0) is 52.7 Å². The van der Waals surface area contributed by atoms with Gasteiger partial charge in [0.1, 0.15) is 11.4 Å². The molecule has 0 atom stereocenters. The zero-order chi connectivity index (χ0) is 21.1. The van der Waals surface area contributed by atoms with Crippen molar-refractivity contribution >= 4 is 17.5 Å². The average molecular weight is 407 g/mol. The van der Waals surface area contributed by atoms with Crippen LogP contribution in [0.15, 0.2) is 30.6 Å². The molecule has 0 aromatic carbocycles. The molecule has 2 aliphatic heterocycles. The van der Waals surface area contributed by atoms with E-state index in [1.165, 1.54) is 0 Å². The van der Waals surface area contributed by atoms with E-state index in [-0.39, 0.29) is 28.9 Å². The second kappa shape index (κ2) is 6.50. The Bertz CT molecular complexity index is 1150. The summed E-state index contributed by atoms with van der Waals surface area (Å²) < 4.78 is 13.6. The molecular formula is C22H25N5O3. The number of carbonyl (C=O) groups is 1. The van der Waals surface area contributed by atoms with Gasteiger partial charge >= 0.3 is 0 Å². The number of carbonyl (C=O) groups excluding carboxylic acids is 1. The third kappa shape index (κ3) is 3.11. The zero-order valence-corrected chi connectivity index (χ0v) is 17.6. The molecular weight excluding hydrogens is 382 g/mol. The summed E-state index contributed by atoms with van der Waals surface area (Å²) in [4.78, 5) is 26.7. The van der Waals surface area contributed by atoms with Gasteiger partial charge in [-0.25, -0.2) is 9.97 Å². The van der Waals surface area contributed by atoms with Crippen molar-refractivity contribution in [2.75, 3.05) is 11.9 Å². The highest BCUT2D eigenvalue weighted by Gasteiger charge is 2.61. The molecule has 1 amide bonds. The Kier molecular flexibility index (Phi) is 4.12. The van der Waals surface area contributed by atoms with Gasteiger partial charge in [-0.1, -0.05) is 6.07 Å². The summed E-state index contributed by atoms with van der Waals surface area (Å²) in [6.07, 6.45) is 5.48. The summed E-state index contributed by atoms with van der Waals surface area (Å²) in [6.45, 7) is 8.49. The Balaban J connectivity index is 1.52. The van der Waals surface area contributed by atoms with Crippen LogP contribution in [0.1, 0.15) is 55.4 Å². The van der Waals surface area contributed by atoms with Crippen LogP contribution in [0, 0.1) is 6.92 Å². The van der Waals surface area contributed by atoms with Crippen molar-refractivity contribution in [3.05, 3.63) is 47.5 Å². The molecule has 1 N–H and O–H groups in total. The Morgan fingerprint density at radius 3 is 2.70 bits per heavy atom. The number of amides is 1. The van der Waals surface area contributed by atoms with E-state index < -0.39 is 0 Å². The van der Waals surface area contributed by atoms with Gasteiger partial charge in [-0.15, -0.1) is 0 Å². The first-order chi connectivity index (χ1) is 14.3. The second-order valence-corrected chi connectivity index (χ2v) is 8.95. The van der Waals surface area contributed by atoms with Crippen molar-refractivity contribution in [2.24, 2.45) is 0 Å². The third-order valence-corrected chi connectivity index (χ3v) is 5.80. The molecule has 8 nitrogen and oxygen atoms in total. The molecule has 0 spiro atoms. The number of aromatic nitrogens is 4. The maximum absolute atomic E-state index is 13.0. The average Bonchev–Trinajstić information content (AvgIpc) is 3.31. The lowest BCUT2D eigenvalue weighted by Gasteiger charge is -2.41. The number of nitrogens with zero attached hydrogens (tertiary/aromatic N) is 4. The fraction of sp³-hybridized carbons (Fsp3) is 0.455. The van der Waals surface area contributed by atoms with Gasteiger partial charge < -0.3 is 14.8 Å². The van der Waals surface area contributed by atoms with Crippen molar-refractivity contribution in [3.63, 3.8) is 0 Å². The molecule has 3 fully saturated rings. The van der Waals surface area contributed by atoms with Crippen LogP contribution in [0.25, 0.3) is 5.78 Å². The first kappa shape index (κ1) is 19.0. The summed E-state index contributed by atoms with van der Waals surface area (Å²) in [5.74, 6) is 0.934. The molecule has 5 heterocycles. The molecule has 0 unspecified atom stereocenters. The minimum absolute atomic E-state index is 0.0268. The van der Waals surface area contributed by atoms with E-state index in [1.54, 1.807) is 16.7 Å². The predicted octanol–water partition coefficient (Wildman–Crippen LogP) is 3.29. The lowest BCUT2D eigenvalue weighted by atomic mass is 9.62. The molecule has 1 saturated carbocycles. The van der Waals surface area contributed by atoms with E-state index in [9.17, 15) is 4.79 Å². The Morgan fingerprint density at radius 1 is 1.23 bits per heavy atom. The molecule has 30 heavy (non-hydrogen) atoms. The highest BCUT2D eigenvalue weighted by Crippen LogP contribution is 2.58. The minimum atomic E-state index is -0.327. The van der Waals surface area contributed by atoms with Gasteiger partial charge in [0.15, 0.2) is 0 Å². The van der Waals surface area contributed by atoms with Crippen LogP contribution >= 0.6 is 0 Å². The smallest absolute Gasteiger partial charge is 0.263 e. The minimum Gasteiger partial charge on any atom is -0.474 e. The molecule has 2 bridgehead atoms. The number of ether oxygens (including phenoxy) is 2. The molecule has 0 radical (unpaired) electrons. The van der Waals surface area contributed by atoms with Crippen molar-refractivity contribution in [2.45, 2.75) is 57.7 Å². The fourth-order valence-electron chi connectivity index (χ4n) is 4.58. The molecule has 8 heteroatoms. The van der Waals surface area contributed by atoms with Crippen LogP contribution in [0.5, 0.6) is 5.88 Å². The SMILES string of the molecule is Cc1cccc(NC(=O)c2cn3cc(C45COC(C)(C4)C5)nc3nc2OC(C)C)n1. The van der Waals surface area contributed by atoms with E-state index in [0.29, 0.717) is 23.8 Å². The number of fused-ring (bicyclic) bond motifs is 2.